The van der Waals surface area contributed by atoms with Crippen LogP contribution in [0.15, 0.2) is 4.99 Å². The first kappa shape index (κ1) is 20.4. The fourth-order valence-electron chi connectivity index (χ4n) is 3.48. The van der Waals surface area contributed by atoms with Gasteiger partial charge in [0.1, 0.15) is 12.4 Å². The highest BCUT2D eigenvalue weighted by molar-refractivity contribution is 14.0. The zero-order valence-electron chi connectivity index (χ0n) is 15.4. The van der Waals surface area contributed by atoms with Crippen molar-refractivity contribution in [3.8, 4) is 0 Å². The molecule has 0 aromatic carbocycles. The lowest BCUT2D eigenvalue weighted by atomic mass is 10.1. The summed E-state index contributed by atoms with van der Waals surface area (Å²) < 4.78 is 7.75. The summed E-state index contributed by atoms with van der Waals surface area (Å²) in [5.41, 5.74) is 0. The van der Waals surface area contributed by atoms with Gasteiger partial charge in [-0.3, -0.25) is 0 Å². The number of guanidine groups is 1. The van der Waals surface area contributed by atoms with Gasteiger partial charge in [0.2, 0.25) is 0 Å². The zero-order chi connectivity index (χ0) is 16.8. The van der Waals surface area contributed by atoms with Crippen molar-refractivity contribution in [2.24, 2.45) is 10.9 Å². The van der Waals surface area contributed by atoms with Gasteiger partial charge in [0.15, 0.2) is 11.8 Å². The molecule has 1 aromatic rings. The number of aromatic nitrogens is 3. The topological polar surface area (TPSA) is 67.6 Å². The van der Waals surface area contributed by atoms with E-state index in [0.29, 0.717) is 12.5 Å². The average Bonchev–Trinajstić information content (AvgIpc) is 3.16. The number of fused-ring (bicyclic) bond motifs is 1. The highest BCUT2D eigenvalue weighted by atomic mass is 127. The summed E-state index contributed by atoms with van der Waals surface area (Å²) in [6.45, 7) is 7.30. The van der Waals surface area contributed by atoms with Gasteiger partial charge in [0, 0.05) is 45.6 Å². The molecule has 0 spiro atoms. The molecule has 0 aliphatic carbocycles. The first-order chi connectivity index (χ1) is 11.8. The third-order valence-electron chi connectivity index (χ3n) is 4.81. The Hall–Kier alpha value is -0.900. The normalized spacial score (nSPS) is 20.6. The van der Waals surface area contributed by atoms with Gasteiger partial charge in [-0.1, -0.05) is 6.42 Å². The molecule has 0 radical (unpaired) electrons. The molecule has 8 heteroatoms. The van der Waals surface area contributed by atoms with Crippen LogP contribution in [0.3, 0.4) is 0 Å². The summed E-state index contributed by atoms with van der Waals surface area (Å²) in [4.78, 5) is 7.01. The Bertz CT molecular complexity index is 555. The number of aryl methyl sites for hydroxylation is 1. The van der Waals surface area contributed by atoms with Gasteiger partial charge in [0.05, 0.1) is 6.61 Å². The van der Waals surface area contributed by atoms with Crippen LogP contribution in [0.4, 0.5) is 0 Å². The van der Waals surface area contributed by atoms with E-state index >= 15 is 0 Å². The molecule has 0 bridgehead atoms. The minimum Gasteiger partial charge on any atom is -0.381 e. The van der Waals surface area contributed by atoms with E-state index in [1.54, 1.807) is 0 Å². The number of aliphatic imine (C=N–C) groups is 1. The molecule has 0 amide bonds. The van der Waals surface area contributed by atoms with Crippen LogP contribution in [0.25, 0.3) is 0 Å². The lowest BCUT2D eigenvalue weighted by Gasteiger charge is -2.24. The molecule has 1 unspecified atom stereocenters. The van der Waals surface area contributed by atoms with E-state index in [1.165, 1.54) is 19.3 Å². The van der Waals surface area contributed by atoms with E-state index in [9.17, 15) is 0 Å². The molecule has 25 heavy (non-hydrogen) atoms. The minimum absolute atomic E-state index is 0. The van der Waals surface area contributed by atoms with E-state index in [-0.39, 0.29) is 24.0 Å². The zero-order valence-corrected chi connectivity index (χ0v) is 17.7. The van der Waals surface area contributed by atoms with Gasteiger partial charge in [-0.05, 0) is 26.2 Å². The van der Waals surface area contributed by atoms with Gasteiger partial charge < -0.3 is 19.5 Å². The monoisotopic (exact) mass is 462 g/mol. The Labute approximate surface area is 167 Å². The van der Waals surface area contributed by atoms with Crippen molar-refractivity contribution in [1.29, 1.82) is 0 Å². The molecule has 1 saturated heterocycles. The third-order valence-corrected chi connectivity index (χ3v) is 4.81. The summed E-state index contributed by atoms with van der Waals surface area (Å²) in [5.74, 6) is 3.65. The van der Waals surface area contributed by atoms with Crippen LogP contribution in [-0.4, -0.2) is 59.0 Å². The highest BCUT2D eigenvalue weighted by Gasteiger charge is 2.19. The summed E-state index contributed by atoms with van der Waals surface area (Å²) >= 11 is 0. The second-order valence-corrected chi connectivity index (χ2v) is 6.78. The molecule has 1 fully saturated rings. The molecule has 1 aromatic heterocycles. The van der Waals surface area contributed by atoms with Gasteiger partial charge >= 0.3 is 0 Å². The van der Waals surface area contributed by atoms with Crippen molar-refractivity contribution in [1.82, 2.24) is 25.0 Å². The maximum Gasteiger partial charge on any atom is 0.194 e. The molecule has 1 atom stereocenters. The number of hydrogen-bond donors (Lipinski definition) is 1. The quantitative estimate of drug-likeness (QED) is 0.412. The first-order valence-electron chi connectivity index (χ1n) is 9.26. The molecule has 1 N–H and O–H groups in total. The van der Waals surface area contributed by atoms with E-state index in [2.05, 4.69) is 39.0 Å². The highest BCUT2D eigenvalue weighted by Crippen LogP contribution is 2.16. The fourth-order valence-corrected chi connectivity index (χ4v) is 3.48. The lowest BCUT2D eigenvalue weighted by molar-refractivity contribution is 0.181. The Morgan fingerprint density at radius 2 is 2.24 bits per heavy atom. The minimum atomic E-state index is 0. The van der Waals surface area contributed by atoms with Crippen molar-refractivity contribution in [2.45, 2.75) is 52.1 Å². The van der Waals surface area contributed by atoms with Crippen LogP contribution in [0.5, 0.6) is 0 Å². The van der Waals surface area contributed by atoms with Crippen LogP contribution in [0.1, 0.15) is 44.3 Å². The van der Waals surface area contributed by atoms with Crippen molar-refractivity contribution in [3.05, 3.63) is 11.6 Å². The number of halogens is 1. The Kier molecular flexibility index (Phi) is 8.41. The number of hydrogen-bond acceptors (Lipinski definition) is 4. The second-order valence-electron chi connectivity index (χ2n) is 6.78. The smallest absolute Gasteiger partial charge is 0.194 e. The second kappa shape index (κ2) is 10.3. The SMILES string of the molecule is CCNC(=NCc1nnc2n1CCCCC2)N(C)CC1CCOC1.I. The molecule has 2 aliphatic rings. The van der Waals surface area contributed by atoms with Crippen molar-refractivity contribution in [3.63, 3.8) is 0 Å². The van der Waals surface area contributed by atoms with Crippen LogP contribution in [0.2, 0.25) is 0 Å². The molecule has 3 rings (SSSR count). The van der Waals surface area contributed by atoms with Gasteiger partial charge in [0.25, 0.3) is 0 Å². The molecule has 142 valence electrons. The Morgan fingerprint density at radius 3 is 3.00 bits per heavy atom. The summed E-state index contributed by atoms with van der Waals surface area (Å²) in [5, 5.41) is 12.1. The third kappa shape index (κ3) is 5.54. The van der Waals surface area contributed by atoms with E-state index in [0.717, 1.165) is 63.3 Å². The number of ether oxygens (including phenoxy) is 1. The summed E-state index contributed by atoms with van der Waals surface area (Å²) in [6, 6.07) is 0. The van der Waals surface area contributed by atoms with E-state index < -0.39 is 0 Å². The number of nitrogens with zero attached hydrogens (tertiary/aromatic N) is 5. The standard InChI is InChI=1S/C17H30N6O.HI/c1-3-18-17(22(2)12-14-8-10-24-13-14)19-11-16-21-20-15-7-5-4-6-9-23(15)16;/h14H,3-13H2,1-2H3,(H,18,19);1H. The van der Waals surface area contributed by atoms with Crippen molar-refractivity contribution >= 4 is 29.9 Å². The van der Waals surface area contributed by atoms with Crippen LogP contribution < -0.4 is 5.32 Å². The van der Waals surface area contributed by atoms with E-state index in [1.807, 2.05) is 0 Å². The molecule has 7 nitrogen and oxygen atoms in total. The maximum atomic E-state index is 5.48. The predicted octanol–water partition coefficient (Wildman–Crippen LogP) is 2.06. The predicted molar refractivity (Wildman–Crippen MR) is 109 cm³/mol. The molecular weight excluding hydrogens is 431 g/mol. The van der Waals surface area contributed by atoms with Gasteiger partial charge in [-0.2, -0.15) is 0 Å². The van der Waals surface area contributed by atoms with Crippen LogP contribution in [0, 0.1) is 5.92 Å². The number of rotatable bonds is 5. The van der Waals surface area contributed by atoms with Gasteiger partial charge in [-0.25, -0.2) is 4.99 Å². The Balaban J connectivity index is 0.00000225. The van der Waals surface area contributed by atoms with Crippen LogP contribution >= 0.6 is 24.0 Å². The molecule has 0 saturated carbocycles. The van der Waals surface area contributed by atoms with Gasteiger partial charge in [-0.15, -0.1) is 34.2 Å². The first-order valence-corrected chi connectivity index (χ1v) is 9.26. The van der Waals surface area contributed by atoms with E-state index in [4.69, 9.17) is 9.73 Å². The largest absolute Gasteiger partial charge is 0.381 e. The average molecular weight is 462 g/mol. The van der Waals surface area contributed by atoms with Crippen molar-refractivity contribution < 1.29 is 4.74 Å². The Morgan fingerprint density at radius 1 is 1.36 bits per heavy atom. The van der Waals surface area contributed by atoms with Crippen molar-refractivity contribution in [2.75, 3.05) is 33.4 Å². The lowest BCUT2D eigenvalue weighted by Crippen LogP contribution is -2.41. The molecular formula is C17H31IN6O. The molecule has 3 heterocycles. The molecule has 2 aliphatic heterocycles. The fraction of sp³-hybridized carbons (Fsp3) is 0.824. The number of nitrogens with one attached hydrogen (secondary N) is 1. The summed E-state index contributed by atoms with van der Waals surface area (Å²) in [7, 11) is 2.10. The summed E-state index contributed by atoms with van der Waals surface area (Å²) in [6.07, 6.45) is 5.89. The maximum absolute atomic E-state index is 5.48. The van der Waals surface area contributed by atoms with Crippen LogP contribution in [-0.2, 0) is 24.2 Å².